The maximum Gasteiger partial charge on any atom is 0.247 e. The number of allylic oxidation sites excluding steroid dienone is 3. The van der Waals surface area contributed by atoms with Crippen molar-refractivity contribution in [2.45, 2.75) is 46.7 Å². The highest BCUT2D eigenvalue weighted by Crippen LogP contribution is 2.32. The number of aryl methyl sites for hydroxylation is 1. The van der Waals surface area contributed by atoms with Crippen LogP contribution in [0.3, 0.4) is 0 Å². The van der Waals surface area contributed by atoms with Crippen LogP contribution in [0.25, 0.3) is 0 Å². The fourth-order valence-electron chi connectivity index (χ4n) is 3.83. The molecule has 0 spiro atoms. The van der Waals surface area contributed by atoms with E-state index in [2.05, 4.69) is 5.32 Å². The number of benzene rings is 2. The molecule has 0 fully saturated rings. The maximum atomic E-state index is 13.3. The van der Waals surface area contributed by atoms with Crippen LogP contribution in [0.5, 0.6) is 5.75 Å². The molecule has 0 radical (unpaired) electrons. The predicted octanol–water partition coefficient (Wildman–Crippen LogP) is 3.92. The first-order chi connectivity index (χ1) is 14.7. The quantitative estimate of drug-likeness (QED) is 0.303. The third-order valence-electron chi connectivity index (χ3n) is 5.80. The number of carbonyl (C=O) groups is 2. The molecule has 6 heteroatoms. The van der Waals surface area contributed by atoms with Gasteiger partial charge in [0.1, 0.15) is 11.8 Å². The molecule has 0 saturated carbocycles. The Morgan fingerprint density at radius 2 is 1.87 bits per heavy atom. The number of anilines is 2. The first kappa shape index (κ1) is 22.2. The van der Waals surface area contributed by atoms with Gasteiger partial charge in [0.05, 0.1) is 0 Å². The van der Waals surface area contributed by atoms with Crippen molar-refractivity contribution in [3.05, 3.63) is 76.4 Å². The molecule has 0 aromatic heterocycles. The van der Waals surface area contributed by atoms with Crippen molar-refractivity contribution in [1.82, 2.24) is 4.90 Å². The number of nitrogen functional groups attached to an aromatic ring is 1. The lowest BCUT2D eigenvalue weighted by Crippen LogP contribution is -2.50. The molecule has 31 heavy (non-hydrogen) atoms. The van der Waals surface area contributed by atoms with Gasteiger partial charge in [-0.2, -0.15) is 0 Å². The number of hydrogen-bond donors (Lipinski definition) is 3. The summed E-state index contributed by atoms with van der Waals surface area (Å²) in [5.41, 5.74) is 11.4. The lowest BCUT2D eigenvalue weighted by molar-refractivity contribution is -0.136. The number of aromatic hydroxyl groups is 1. The summed E-state index contributed by atoms with van der Waals surface area (Å²) in [5.74, 6) is -0.269. The second-order valence-electron chi connectivity index (χ2n) is 7.93. The van der Waals surface area contributed by atoms with Gasteiger partial charge in [-0.05, 0) is 73.7 Å². The Morgan fingerprint density at radius 1 is 1.13 bits per heavy atom. The third-order valence-corrected chi connectivity index (χ3v) is 5.80. The molecule has 1 aliphatic heterocycles. The van der Waals surface area contributed by atoms with Crippen LogP contribution in [0.1, 0.15) is 34.7 Å². The summed E-state index contributed by atoms with van der Waals surface area (Å²) in [4.78, 5) is 27.8. The summed E-state index contributed by atoms with van der Waals surface area (Å²) >= 11 is 0. The molecule has 2 amide bonds. The predicted molar refractivity (Wildman–Crippen MR) is 124 cm³/mol. The second kappa shape index (κ2) is 9.08. The van der Waals surface area contributed by atoms with Gasteiger partial charge in [0.25, 0.3) is 0 Å². The standard InChI is InChI=1S/C25H29N3O3/c1-5-6-7-8-23(29)28-14-19-12-20(26)10-9-18(19)13-22(28)25(31)27-21-11-15(2)24(30)17(4)16(21)3/h5-12,22,30H,13-14,26H2,1-4H3,(H,27,31)/b6-5+,8-7+/t22-/m0/s1. The molecular formula is C25H29N3O3. The maximum absolute atomic E-state index is 13.3. The highest BCUT2D eigenvalue weighted by molar-refractivity contribution is 6.00. The minimum atomic E-state index is -0.660. The summed E-state index contributed by atoms with van der Waals surface area (Å²) in [5, 5.41) is 13.1. The normalized spacial score (nSPS) is 16.0. The molecule has 162 valence electrons. The summed E-state index contributed by atoms with van der Waals surface area (Å²) in [6.07, 6.45) is 7.15. The van der Waals surface area contributed by atoms with Gasteiger partial charge in [-0.1, -0.05) is 24.3 Å². The van der Waals surface area contributed by atoms with E-state index in [0.29, 0.717) is 29.9 Å². The van der Waals surface area contributed by atoms with Gasteiger partial charge in [-0.3, -0.25) is 9.59 Å². The van der Waals surface area contributed by atoms with Crippen LogP contribution in [0.4, 0.5) is 11.4 Å². The van der Waals surface area contributed by atoms with Gasteiger partial charge in [0.15, 0.2) is 0 Å². The highest BCUT2D eigenvalue weighted by atomic mass is 16.3. The third kappa shape index (κ3) is 4.63. The number of nitrogens with two attached hydrogens (primary N) is 1. The summed E-state index contributed by atoms with van der Waals surface area (Å²) in [7, 11) is 0. The zero-order valence-electron chi connectivity index (χ0n) is 18.4. The number of rotatable bonds is 4. The van der Waals surface area contributed by atoms with Crippen LogP contribution in [0, 0.1) is 20.8 Å². The van der Waals surface area contributed by atoms with Crippen molar-refractivity contribution in [2.24, 2.45) is 0 Å². The molecule has 1 aliphatic rings. The average molecular weight is 420 g/mol. The monoisotopic (exact) mass is 419 g/mol. The van der Waals surface area contributed by atoms with Crippen LogP contribution in [-0.2, 0) is 22.6 Å². The van der Waals surface area contributed by atoms with Gasteiger partial charge in [-0.15, -0.1) is 0 Å². The molecule has 0 aliphatic carbocycles. The minimum absolute atomic E-state index is 0.227. The molecule has 2 aromatic rings. The van der Waals surface area contributed by atoms with Gasteiger partial charge < -0.3 is 21.1 Å². The van der Waals surface area contributed by atoms with Crippen LogP contribution >= 0.6 is 0 Å². The number of carbonyl (C=O) groups excluding carboxylic acids is 2. The smallest absolute Gasteiger partial charge is 0.247 e. The Kier molecular flexibility index (Phi) is 6.49. The number of fused-ring (bicyclic) bond motifs is 1. The van der Waals surface area contributed by atoms with Crippen molar-refractivity contribution in [3.8, 4) is 5.75 Å². The Bertz CT molecular complexity index is 1090. The van der Waals surface area contributed by atoms with E-state index in [1.54, 1.807) is 30.0 Å². The molecule has 1 heterocycles. The summed E-state index contributed by atoms with van der Waals surface area (Å²) in [6.45, 7) is 7.64. The highest BCUT2D eigenvalue weighted by Gasteiger charge is 2.34. The van der Waals surface area contributed by atoms with Gasteiger partial charge in [-0.25, -0.2) is 0 Å². The number of nitrogens with zero attached hydrogens (tertiary/aromatic N) is 1. The summed E-state index contributed by atoms with van der Waals surface area (Å²) < 4.78 is 0. The molecule has 1 atom stereocenters. The van der Waals surface area contributed by atoms with Crippen LogP contribution in [0.15, 0.2) is 48.6 Å². The van der Waals surface area contributed by atoms with E-state index in [9.17, 15) is 14.7 Å². The van der Waals surface area contributed by atoms with E-state index in [0.717, 1.165) is 22.3 Å². The number of amides is 2. The van der Waals surface area contributed by atoms with E-state index in [-0.39, 0.29) is 17.6 Å². The molecular weight excluding hydrogens is 390 g/mol. The lowest BCUT2D eigenvalue weighted by atomic mass is 9.92. The van der Waals surface area contributed by atoms with E-state index >= 15 is 0 Å². The van der Waals surface area contributed by atoms with E-state index in [4.69, 9.17) is 5.73 Å². The Morgan fingerprint density at radius 3 is 2.58 bits per heavy atom. The van der Waals surface area contributed by atoms with E-state index in [1.807, 2.05) is 45.0 Å². The zero-order chi connectivity index (χ0) is 22.7. The van der Waals surface area contributed by atoms with Crippen molar-refractivity contribution in [2.75, 3.05) is 11.1 Å². The summed E-state index contributed by atoms with van der Waals surface area (Å²) in [6, 6.07) is 6.69. The molecule has 2 aromatic carbocycles. The van der Waals surface area contributed by atoms with Crippen molar-refractivity contribution in [3.63, 3.8) is 0 Å². The van der Waals surface area contributed by atoms with Gasteiger partial charge in [0, 0.05) is 30.4 Å². The molecule has 6 nitrogen and oxygen atoms in total. The number of phenolic OH excluding ortho intramolecular Hbond substituents is 1. The Balaban J connectivity index is 1.94. The lowest BCUT2D eigenvalue weighted by Gasteiger charge is -2.35. The van der Waals surface area contributed by atoms with Crippen molar-refractivity contribution >= 4 is 23.2 Å². The Hall–Kier alpha value is -3.54. The molecule has 4 N–H and O–H groups in total. The molecule has 3 rings (SSSR count). The first-order valence-electron chi connectivity index (χ1n) is 10.3. The number of hydrogen-bond acceptors (Lipinski definition) is 4. The van der Waals surface area contributed by atoms with Gasteiger partial charge >= 0.3 is 0 Å². The Labute approximate surface area is 183 Å². The molecule has 0 unspecified atom stereocenters. The van der Waals surface area contributed by atoms with Crippen molar-refractivity contribution < 1.29 is 14.7 Å². The second-order valence-corrected chi connectivity index (χ2v) is 7.93. The van der Waals surface area contributed by atoms with Crippen LogP contribution in [0.2, 0.25) is 0 Å². The number of phenols is 1. The van der Waals surface area contributed by atoms with Gasteiger partial charge in [0.2, 0.25) is 11.8 Å². The fourth-order valence-corrected chi connectivity index (χ4v) is 3.83. The van der Waals surface area contributed by atoms with E-state index < -0.39 is 6.04 Å². The zero-order valence-corrected chi connectivity index (χ0v) is 18.4. The average Bonchev–Trinajstić information content (AvgIpc) is 2.75. The minimum Gasteiger partial charge on any atom is -0.507 e. The van der Waals surface area contributed by atoms with Crippen LogP contribution < -0.4 is 11.1 Å². The first-order valence-corrected chi connectivity index (χ1v) is 10.3. The largest absolute Gasteiger partial charge is 0.507 e. The SMILES string of the molecule is C/C=C/C=C/C(=O)N1Cc2cc(N)ccc2C[C@H]1C(=O)Nc1cc(C)c(O)c(C)c1C. The fraction of sp³-hybridized carbons (Fsp3) is 0.280. The van der Waals surface area contributed by atoms with Crippen LogP contribution in [-0.4, -0.2) is 27.9 Å². The number of nitrogens with one attached hydrogen (secondary N) is 1. The molecule has 0 saturated heterocycles. The molecule has 0 bridgehead atoms. The topological polar surface area (TPSA) is 95.7 Å². The van der Waals surface area contributed by atoms with Crippen molar-refractivity contribution in [1.29, 1.82) is 0 Å². The van der Waals surface area contributed by atoms with E-state index in [1.165, 1.54) is 6.08 Å².